The largest absolute Gasteiger partial charge is 0.384 e. The van der Waals surface area contributed by atoms with Crippen LogP contribution in [0, 0.1) is 0 Å². The van der Waals surface area contributed by atoms with E-state index < -0.39 is 0 Å². The highest BCUT2D eigenvalue weighted by molar-refractivity contribution is 5.29. The number of nitrogens with two attached hydrogens (primary N) is 1. The molecule has 0 aliphatic carbocycles. The molecule has 0 fully saturated rings. The molecule has 0 saturated carbocycles. The molecule has 0 aliphatic rings. The minimum Gasteiger partial charge on any atom is -0.384 e. The molecule has 0 aromatic carbocycles. The van der Waals surface area contributed by atoms with E-state index in [1.54, 1.807) is 16.9 Å². The fourth-order valence-electron chi connectivity index (χ4n) is 1.39. The Morgan fingerprint density at radius 3 is 2.69 bits per heavy atom. The van der Waals surface area contributed by atoms with Crippen LogP contribution in [0.4, 0.5) is 5.82 Å². The predicted molar refractivity (Wildman–Crippen MR) is 60.1 cm³/mol. The topological polar surface area (TPSA) is 82.5 Å². The summed E-state index contributed by atoms with van der Waals surface area (Å²) in [4.78, 5) is 12.6. The third-order valence-electron chi connectivity index (χ3n) is 2.20. The van der Waals surface area contributed by atoms with Crippen LogP contribution in [0.1, 0.15) is 25.5 Å². The number of aryl methyl sites for hydroxylation is 2. The molecule has 0 radical (unpaired) electrons. The molecule has 2 rings (SSSR count). The molecule has 0 bridgehead atoms. The van der Waals surface area contributed by atoms with Crippen LogP contribution in [-0.2, 0) is 12.8 Å². The molecule has 6 heteroatoms. The van der Waals surface area contributed by atoms with Crippen molar-refractivity contribution < 1.29 is 0 Å². The third kappa shape index (κ3) is 1.86. The van der Waals surface area contributed by atoms with E-state index in [0.29, 0.717) is 11.8 Å². The van der Waals surface area contributed by atoms with Crippen molar-refractivity contribution in [1.82, 2.24) is 24.7 Å². The van der Waals surface area contributed by atoms with Crippen molar-refractivity contribution >= 4 is 5.82 Å². The lowest BCUT2D eigenvalue weighted by Gasteiger charge is -2.01. The first kappa shape index (κ1) is 10.5. The highest BCUT2D eigenvalue weighted by Crippen LogP contribution is 2.07. The van der Waals surface area contributed by atoms with E-state index in [-0.39, 0.29) is 0 Å². The average Bonchev–Trinajstić information content (AvgIpc) is 2.72. The van der Waals surface area contributed by atoms with Crippen LogP contribution in [0.25, 0.3) is 5.95 Å². The second kappa shape index (κ2) is 4.26. The molecule has 2 N–H and O–H groups in total. The molecule has 84 valence electrons. The second-order valence-electron chi connectivity index (χ2n) is 3.34. The van der Waals surface area contributed by atoms with Gasteiger partial charge in [0.05, 0.1) is 0 Å². The Morgan fingerprint density at radius 2 is 2.06 bits per heavy atom. The SMILES string of the molecule is CCc1nc(CC)n(-c2nccc(N)n2)n1. The summed E-state index contributed by atoms with van der Waals surface area (Å²) in [6, 6.07) is 1.65. The highest BCUT2D eigenvalue weighted by Gasteiger charge is 2.10. The monoisotopic (exact) mass is 218 g/mol. The van der Waals surface area contributed by atoms with E-state index in [9.17, 15) is 0 Å². The van der Waals surface area contributed by atoms with E-state index in [0.717, 1.165) is 24.5 Å². The summed E-state index contributed by atoms with van der Waals surface area (Å²) < 4.78 is 1.65. The van der Waals surface area contributed by atoms with Crippen molar-refractivity contribution in [2.24, 2.45) is 0 Å². The lowest BCUT2D eigenvalue weighted by atomic mass is 10.4. The zero-order chi connectivity index (χ0) is 11.5. The van der Waals surface area contributed by atoms with Crippen LogP contribution < -0.4 is 5.73 Å². The summed E-state index contributed by atoms with van der Waals surface area (Å²) in [7, 11) is 0. The van der Waals surface area contributed by atoms with Crippen LogP contribution in [-0.4, -0.2) is 24.7 Å². The van der Waals surface area contributed by atoms with Crippen LogP contribution >= 0.6 is 0 Å². The van der Waals surface area contributed by atoms with E-state index in [2.05, 4.69) is 20.1 Å². The number of rotatable bonds is 3. The number of hydrogen-bond acceptors (Lipinski definition) is 5. The van der Waals surface area contributed by atoms with Crippen molar-refractivity contribution in [3.8, 4) is 5.95 Å². The van der Waals surface area contributed by atoms with Gasteiger partial charge in [0.1, 0.15) is 11.6 Å². The summed E-state index contributed by atoms with van der Waals surface area (Å²) in [5.41, 5.74) is 5.61. The summed E-state index contributed by atoms with van der Waals surface area (Å²) in [6.45, 7) is 4.03. The summed E-state index contributed by atoms with van der Waals surface area (Å²) in [5, 5.41) is 4.34. The van der Waals surface area contributed by atoms with Gasteiger partial charge in [-0.2, -0.15) is 9.67 Å². The van der Waals surface area contributed by atoms with Gasteiger partial charge in [-0.3, -0.25) is 0 Å². The Hall–Kier alpha value is -1.98. The van der Waals surface area contributed by atoms with Crippen molar-refractivity contribution in [1.29, 1.82) is 0 Å². The first-order valence-corrected chi connectivity index (χ1v) is 5.28. The molecular weight excluding hydrogens is 204 g/mol. The number of aromatic nitrogens is 5. The van der Waals surface area contributed by atoms with Crippen molar-refractivity contribution in [3.63, 3.8) is 0 Å². The van der Waals surface area contributed by atoms with E-state index in [4.69, 9.17) is 5.73 Å². The van der Waals surface area contributed by atoms with Gasteiger partial charge in [0.2, 0.25) is 0 Å². The van der Waals surface area contributed by atoms with Crippen molar-refractivity contribution in [2.75, 3.05) is 5.73 Å². The second-order valence-corrected chi connectivity index (χ2v) is 3.34. The van der Waals surface area contributed by atoms with Crippen LogP contribution in [0.5, 0.6) is 0 Å². The summed E-state index contributed by atoms with van der Waals surface area (Å²) >= 11 is 0. The van der Waals surface area contributed by atoms with Gasteiger partial charge in [0.15, 0.2) is 5.82 Å². The van der Waals surface area contributed by atoms with Gasteiger partial charge in [-0.1, -0.05) is 13.8 Å². The standard InChI is InChI=1S/C10H14N6/c1-3-8-14-9(4-2)16(15-8)10-12-6-5-7(11)13-10/h5-6H,3-4H2,1-2H3,(H2,11,12,13). The zero-order valence-corrected chi connectivity index (χ0v) is 9.38. The zero-order valence-electron chi connectivity index (χ0n) is 9.38. The van der Waals surface area contributed by atoms with Crippen molar-refractivity contribution in [3.05, 3.63) is 23.9 Å². The fraction of sp³-hybridized carbons (Fsp3) is 0.400. The maximum absolute atomic E-state index is 5.61. The molecule has 0 unspecified atom stereocenters. The van der Waals surface area contributed by atoms with Crippen LogP contribution in [0.15, 0.2) is 12.3 Å². The molecular formula is C10H14N6. The lowest BCUT2D eigenvalue weighted by Crippen LogP contribution is -2.08. The van der Waals surface area contributed by atoms with Crippen LogP contribution in [0.3, 0.4) is 0 Å². The molecule has 0 amide bonds. The first-order chi connectivity index (χ1) is 7.74. The quantitative estimate of drug-likeness (QED) is 0.822. The molecule has 0 saturated heterocycles. The fourth-order valence-corrected chi connectivity index (χ4v) is 1.39. The van der Waals surface area contributed by atoms with E-state index >= 15 is 0 Å². The van der Waals surface area contributed by atoms with E-state index in [1.807, 2.05) is 13.8 Å². The van der Waals surface area contributed by atoms with Gasteiger partial charge in [-0.05, 0) is 6.07 Å². The molecule has 6 nitrogen and oxygen atoms in total. The van der Waals surface area contributed by atoms with Crippen molar-refractivity contribution in [2.45, 2.75) is 26.7 Å². The van der Waals surface area contributed by atoms with Gasteiger partial charge in [0.25, 0.3) is 5.95 Å². The Labute approximate surface area is 93.6 Å². The number of nitrogens with zero attached hydrogens (tertiary/aromatic N) is 5. The van der Waals surface area contributed by atoms with E-state index in [1.165, 1.54) is 0 Å². The minimum atomic E-state index is 0.431. The van der Waals surface area contributed by atoms with Gasteiger partial charge >= 0.3 is 0 Å². The number of nitrogen functional groups attached to an aromatic ring is 1. The third-order valence-corrected chi connectivity index (χ3v) is 2.20. The summed E-state index contributed by atoms with van der Waals surface area (Å²) in [5.74, 6) is 2.55. The molecule has 16 heavy (non-hydrogen) atoms. The minimum absolute atomic E-state index is 0.431. The Kier molecular flexibility index (Phi) is 2.80. The maximum Gasteiger partial charge on any atom is 0.254 e. The summed E-state index contributed by atoms with van der Waals surface area (Å²) in [6.07, 6.45) is 3.19. The average molecular weight is 218 g/mol. The first-order valence-electron chi connectivity index (χ1n) is 5.28. The smallest absolute Gasteiger partial charge is 0.254 e. The van der Waals surface area contributed by atoms with Gasteiger partial charge in [-0.15, -0.1) is 5.10 Å². The Balaban J connectivity index is 2.50. The predicted octanol–water partition coefficient (Wildman–Crippen LogP) is 0.764. The Bertz CT molecular complexity index is 490. The van der Waals surface area contributed by atoms with Gasteiger partial charge in [-0.25, -0.2) is 9.97 Å². The molecule has 2 heterocycles. The molecule has 2 aromatic rings. The normalized spacial score (nSPS) is 10.6. The molecule has 2 aromatic heterocycles. The highest BCUT2D eigenvalue weighted by atomic mass is 15.4. The molecule has 0 atom stereocenters. The lowest BCUT2D eigenvalue weighted by molar-refractivity contribution is 0.744. The molecule has 0 aliphatic heterocycles. The number of hydrogen-bond donors (Lipinski definition) is 1. The van der Waals surface area contributed by atoms with Gasteiger partial charge in [0, 0.05) is 19.0 Å². The Morgan fingerprint density at radius 1 is 1.25 bits per heavy atom. The van der Waals surface area contributed by atoms with Gasteiger partial charge < -0.3 is 5.73 Å². The molecule has 0 spiro atoms. The van der Waals surface area contributed by atoms with Crippen LogP contribution in [0.2, 0.25) is 0 Å². The number of anilines is 1. The maximum atomic E-state index is 5.61.